The molecule has 18 heavy (non-hydrogen) atoms. The van der Waals surface area contributed by atoms with Gasteiger partial charge < -0.3 is 15.7 Å². The molecule has 3 N–H and O–H groups in total. The molecule has 0 saturated heterocycles. The molecule has 0 aromatic carbocycles. The van der Waals surface area contributed by atoms with Crippen molar-refractivity contribution in [2.45, 2.75) is 32.4 Å². The SMILES string of the molecule is CN=C(NCC(O)c1ccc(Cl)s1)NC(C)(C)C. The molecule has 0 bridgehead atoms. The minimum absolute atomic E-state index is 0.0704. The van der Waals surface area contributed by atoms with E-state index in [1.165, 1.54) is 11.3 Å². The van der Waals surface area contributed by atoms with Gasteiger partial charge in [0.1, 0.15) is 6.10 Å². The zero-order chi connectivity index (χ0) is 13.8. The average molecular weight is 290 g/mol. The van der Waals surface area contributed by atoms with Gasteiger partial charge in [-0.25, -0.2) is 0 Å². The summed E-state index contributed by atoms with van der Waals surface area (Å²) in [6.07, 6.45) is -0.582. The van der Waals surface area contributed by atoms with Crippen LogP contribution in [0, 0.1) is 0 Å². The second kappa shape index (κ2) is 6.41. The molecule has 1 unspecified atom stereocenters. The number of aliphatic imine (C=N–C) groups is 1. The zero-order valence-corrected chi connectivity index (χ0v) is 12.7. The Bertz CT molecular complexity index is 412. The molecular formula is C12H20ClN3OS. The molecule has 0 aliphatic carbocycles. The molecule has 0 aliphatic heterocycles. The number of thiophene rings is 1. The highest BCUT2D eigenvalue weighted by atomic mass is 35.5. The van der Waals surface area contributed by atoms with E-state index in [4.69, 9.17) is 11.6 Å². The van der Waals surface area contributed by atoms with Gasteiger partial charge in [0.05, 0.1) is 4.34 Å². The van der Waals surface area contributed by atoms with E-state index in [0.717, 1.165) is 4.88 Å². The molecule has 1 rings (SSSR count). The topological polar surface area (TPSA) is 56.7 Å². The van der Waals surface area contributed by atoms with Gasteiger partial charge in [-0.05, 0) is 32.9 Å². The highest BCUT2D eigenvalue weighted by Gasteiger charge is 2.14. The largest absolute Gasteiger partial charge is 0.386 e. The first-order chi connectivity index (χ1) is 8.31. The normalized spacial score (nSPS) is 14.4. The standard InChI is InChI=1S/C12H20ClN3OS/c1-12(2,3)16-11(14-4)15-7-8(17)9-5-6-10(13)18-9/h5-6,8,17H,7H2,1-4H3,(H2,14,15,16). The Kier molecular flexibility index (Phi) is 5.44. The Morgan fingerprint density at radius 3 is 2.61 bits per heavy atom. The van der Waals surface area contributed by atoms with Gasteiger partial charge in [0, 0.05) is 24.0 Å². The van der Waals surface area contributed by atoms with E-state index in [1.54, 1.807) is 13.1 Å². The fourth-order valence-electron chi connectivity index (χ4n) is 1.34. The maximum atomic E-state index is 9.98. The van der Waals surface area contributed by atoms with E-state index in [1.807, 2.05) is 6.07 Å². The van der Waals surface area contributed by atoms with E-state index in [0.29, 0.717) is 16.8 Å². The highest BCUT2D eigenvalue weighted by Crippen LogP contribution is 2.26. The number of hydrogen-bond acceptors (Lipinski definition) is 3. The van der Waals surface area contributed by atoms with Crippen molar-refractivity contribution in [3.63, 3.8) is 0 Å². The molecule has 0 aliphatic rings. The molecule has 0 radical (unpaired) electrons. The minimum Gasteiger partial charge on any atom is -0.386 e. The maximum absolute atomic E-state index is 9.98. The van der Waals surface area contributed by atoms with Gasteiger partial charge in [-0.2, -0.15) is 0 Å². The van der Waals surface area contributed by atoms with E-state index in [-0.39, 0.29) is 5.54 Å². The number of aliphatic hydroxyl groups is 1. The van der Waals surface area contributed by atoms with Crippen LogP contribution in [0.4, 0.5) is 0 Å². The summed E-state index contributed by atoms with van der Waals surface area (Å²) in [5.41, 5.74) is -0.0704. The Labute approximate surface area is 117 Å². The predicted molar refractivity (Wildman–Crippen MR) is 78.5 cm³/mol. The number of nitrogens with zero attached hydrogens (tertiary/aromatic N) is 1. The summed E-state index contributed by atoms with van der Waals surface area (Å²) in [4.78, 5) is 4.95. The number of halogens is 1. The van der Waals surface area contributed by atoms with Gasteiger partial charge >= 0.3 is 0 Å². The first-order valence-electron chi connectivity index (χ1n) is 5.74. The second-order valence-electron chi connectivity index (χ2n) is 4.99. The number of hydrogen-bond donors (Lipinski definition) is 3. The first-order valence-corrected chi connectivity index (χ1v) is 6.93. The quantitative estimate of drug-likeness (QED) is 0.592. The van der Waals surface area contributed by atoms with Crippen molar-refractivity contribution in [3.05, 3.63) is 21.3 Å². The summed E-state index contributed by atoms with van der Waals surface area (Å²) >= 11 is 7.22. The summed E-state index contributed by atoms with van der Waals surface area (Å²) in [6.45, 7) is 6.55. The summed E-state index contributed by atoms with van der Waals surface area (Å²) in [5, 5.41) is 16.3. The summed E-state index contributed by atoms with van der Waals surface area (Å²) < 4.78 is 0.682. The summed E-state index contributed by atoms with van der Waals surface area (Å²) in [7, 11) is 1.70. The third-order valence-electron chi connectivity index (χ3n) is 2.10. The van der Waals surface area contributed by atoms with Crippen LogP contribution >= 0.6 is 22.9 Å². The number of guanidine groups is 1. The lowest BCUT2D eigenvalue weighted by Gasteiger charge is -2.24. The lowest BCUT2D eigenvalue weighted by molar-refractivity contribution is 0.184. The Morgan fingerprint density at radius 1 is 1.50 bits per heavy atom. The van der Waals surface area contributed by atoms with Crippen molar-refractivity contribution in [1.82, 2.24) is 10.6 Å². The van der Waals surface area contributed by atoms with Crippen LogP contribution in [0.2, 0.25) is 4.34 Å². The fourth-order valence-corrected chi connectivity index (χ4v) is 2.38. The predicted octanol–water partition coefficient (Wildman–Crippen LogP) is 2.40. The second-order valence-corrected chi connectivity index (χ2v) is 6.73. The van der Waals surface area contributed by atoms with Crippen LogP contribution in [-0.4, -0.2) is 30.2 Å². The Morgan fingerprint density at radius 2 is 2.17 bits per heavy atom. The molecular weight excluding hydrogens is 270 g/mol. The number of rotatable bonds is 3. The van der Waals surface area contributed by atoms with Crippen LogP contribution < -0.4 is 10.6 Å². The highest BCUT2D eigenvalue weighted by molar-refractivity contribution is 7.16. The van der Waals surface area contributed by atoms with Crippen LogP contribution in [0.5, 0.6) is 0 Å². The molecule has 0 saturated carbocycles. The zero-order valence-electron chi connectivity index (χ0n) is 11.1. The van der Waals surface area contributed by atoms with Crippen molar-refractivity contribution in [2.75, 3.05) is 13.6 Å². The lowest BCUT2D eigenvalue weighted by Crippen LogP contribution is -2.48. The first kappa shape index (κ1) is 15.3. The van der Waals surface area contributed by atoms with Crippen molar-refractivity contribution >= 4 is 28.9 Å². The average Bonchev–Trinajstić information content (AvgIpc) is 2.69. The third-order valence-corrected chi connectivity index (χ3v) is 3.43. The molecule has 1 aromatic rings. The van der Waals surface area contributed by atoms with E-state index >= 15 is 0 Å². The van der Waals surface area contributed by atoms with Gasteiger partial charge in [-0.15, -0.1) is 11.3 Å². The molecule has 0 spiro atoms. The Balaban J connectivity index is 2.49. The van der Waals surface area contributed by atoms with Crippen LogP contribution in [0.1, 0.15) is 31.8 Å². The summed E-state index contributed by atoms with van der Waals surface area (Å²) in [6, 6.07) is 3.62. The number of nitrogens with one attached hydrogen (secondary N) is 2. The smallest absolute Gasteiger partial charge is 0.191 e. The van der Waals surface area contributed by atoms with Crippen LogP contribution in [-0.2, 0) is 0 Å². The van der Waals surface area contributed by atoms with Crippen LogP contribution in [0.25, 0.3) is 0 Å². The monoisotopic (exact) mass is 289 g/mol. The fraction of sp³-hybridized carbons (Fsp3) is 0.583. The number of aliphatic hydroxyl groups excluding tert-OH is 1. The molecule has 1 aromatic heterocycles. The minimum atomic E-state index is -0.582. The lowest BCUT2D eigenvalue weighted by atomic mass is 10.1. The third kappa shape index (κ3) is 5.25. The van der Waals surface area contributed by atoms with Crippen molar-refractivity contribution in [2.24, 2.45) is 4.99 Å². The van der Waals surface area contributed by atoms with Crippen LogP contribution in [0.15, 0.2) is 17.1 Å². The molecule has 4 nitrogen and oxygen atoms in total. The van der Waals surface area contributed by atoms with Gasteiger partial charge in [0.15, 0.2) is 5.96 Å². The van der Waals surface area contributed by atoms with Crippen molar-refractivity contribution in [3.8, 4) is 0 Å². The Hall–Kier alpha value is -0.780. The summed E-state index contributed by atoms with van der Waals surface area (Å²) in [5.74, 6) is 0.671. The van der Waals surface area contributed by atoms with E-state index < -0.39 is 6.10 Å². The molecule has 102 valence electrons. The van der Waals surface area contributed by atoms with E-state index in [9.17, 15) is 5.11 Å². The maximum Gasteiger partial charge on any atom is 0.191 e. The van der Waals surface area contributed by atoms with E-state index in [2.05, 4.69) is 36.4 Å². The molecule has 0 amide bonds. The molecule has 1 atom stereocenters. The van der Waals surface area contributed by atoms with Gasteiger partial charge in [-0.1, -0.05) is 11.6 Å². The molecule has 1 heterocycles. The van der Waals surface area contributed by atoms with Gasteiger partial charge in [-0.3, -0.25) is 4.99 Å². The van der Waals surface area contributed by atoms with Crippen molar-refractivity contribution < 1.29 is 5.11 Å². The van der Waals surface area contributed by atoms with Crippen LogP contribution in [0.3, 0.4) is 0 Å². The molecule has 6 heteroatoms. The van der Waals surface area contributed by atoms with Gasteiger partial charge in [0.2, 0.25) is 0 Å². The van der Waals surface area contributed by atoms with Gasteiger partial charge in [0.25, 0.3) is 0 Å². The molecule has 0 fully saturated rings. The van der Waals surface area contributed by atoms with Crippen molar-refractivity contribution in [1.29, 1.82) is 0 Å².